The summed E-state index contributed by atoms with van der Waals surface area (Å²) in [6.07, 6.45) is 4.14. The SMILES string of the molecule is CCC1NC(=O)N(c2cccc(NC(=O)N3CCC(CN4CCCC4)C3)c2)C1=O. The van der Waals surface area contributed by atoms with Gasteiger partial charge in [0.05, 0.1) is 5.69 Å². The molecule has 0 aliphatic carbocycles. The fourth-order valence-corrected chi connectivity index (χ4v) is 4.47. The molecule has 4 rings (SSSR count). The number of carbonyl (C=O) groups is 3. The molecular weight excluding hydrogens is 370 g/mol. The molecule has 1 aromatic carbocycles. The maximum atomic E-state index is 12.7. The average molecular weight is 399 g/mol. The number of nitrogens with one attached hydrogen (secondary N) is 2. The van der Waals surface area contributed by atoms with Gasteiger partial charge in [-0.15, -0.1) is 0 Å². The summed E-state index contributed by atoms with van der Waals surface area (Å²) in [5.41, 5.74) is 1.05. The Labute approximate surface area is 171 Å². The number of hydrogen-bond acceptors (Lipinski definition) is 4. The van der Waals surface area contributed by atoms with E-state index in [4.69, 9.17) is 0 Å². The largest absolute Gasteiger partial charge is 0.329 e. The zero-order valence-electron chi connectivity index (χ0n) is 16.9. The Balaban J connectivity index is 1.36. The molecule has 0 radical (unpaired) electrons. The van der Waals surface area contributed by atoms with E-state index < -0.39 is 12.1 Å². The lowest BCUT2D eigenvalue weighted by Crippen LogP contribution is -2.35. The topological polar surface area (TPSA) is 85.0 Å². The van der Waals surface area contributed by atoms with Crippen molar-refractivity contribution in [2.45, 2.75) is 38.6 Å². The van der Waals surface area contributed by atoms with E-state index in [1.807, 2.05) is 11.8 Å². The lowest BCUT2D eigenvalue weighted by atomic mass is 10.1. The first-order valence-electron chi connectivity index (χ1n) is 10.6. The summed E-state index contributed by atoms with van der Waals surface area (Å²) in [5, 5.41) is 5.60. The normalized spacial score (nSPS) is 25.0. The smallest absolute Gasteiger partial charge is 0.325 e. The highest BCUT2D eigenvalue weighted by atomic mass is 16.2. The van der Waals surface area contributed by atoms with Gasteiger partial charge in [-0.1, -0.05) is 13.0 Å². The molecule has 3 fully saturated rings. The Bertz CT molecular complexity index is 792. The van der Waals surface area contributed by atoms with Gasteiger partial charge >= 0.3 is 12.1 Å². The van der Waals surface area contributed by atoms with Crippen LogP contribution in [-0.2, 0) is 4.79 Å². The summed E-state index contributed by atoms with van der Waals surface area (Å²) in [6.45, 7) is 6.82. The number of imide groups is 1. The Morgan fingerprint density at radius 2 is 2.00 bits per heavy atom. The third kappa shape index (κ3) is 4.22. The molecule has 29 heavy (non-hydrogen) atoms. The molecule has 0 bridgehead atoms. The monoisotopic (exact) mass is 399 g/mol. The zero-order chi connectivity index (χ0) is 20.4. The standard InChI is InChI=1S/C21H29N5O3/c1-2-18-19(27)26(21(29)23-18)17-7-5-6-16(12-17)22-20(28)25-11-8-15(14-25)13-24-9-3-4-10-24/h5-7,12,15,18H,2-4,8-11,13-14H2,1H3,(H,22,28)(H,23,29). The first kappa shape index (κ1) is 19.7. The molecule has 5 amide bonds. The lowest BCUT2D eigenvalue weighted by molar-refractivity contribution is -0.118. The van der Waals surface area contributed by atoms with Gasteiger partial charge in [-0.25, -0.2) is 14.5 Å². The molecule has 0 spiro atoms. The zero-order valence-corrected chi connectivity index (χ0v) is 16.9. The molecule has 3 aliphatic heterocycles. The summed E-state index contributed by atoms with van der Waals surface area (Å²) >= 11 is 0. The molecule has 3 heterocycles. The van der Waals surface area contributed by atoms with Crippen LogP contribution in [-0.4, -0.2) is 66.5 Å². The minimum Gasteiger partial charge on any atom is -0.325 e. The van der Waals surface area contributed by atoms with Crippen LogP contribution in [0.5, 0.6) is 0 Å². The molecule has 2 N–H and O–H groups in total. The average Bonchev–Trinajstić information content (AvgIpc) is 3.44. The van der Waals surface area contributed by atoms with Crippen LogP contribution in [0.1, 0.15) is 32.6 Å². The van der Waals surface area contributed by atoms with Crippen molar-refractivity contribution in [2.75, 3.05) is 42.9 Å². The Hall–Kier alpha value is -2.61. The van der Waals surface area contributed by atoms with Crippen LogP contribution < -0.4 is 15.5 Å². The number of likely N-dealkylation sites (tertiary alicyclic amines) is 2. The van der Waals surface area contributed by atoms with Crippen LogP contribution in [0.25, 0.3) is 0 Å². The first-order chi connectivity index (χ1) is 14.0. The van der Waals surface area contributed by atoms with Gasteiger partial charge in [-0.3, -0.25) is 4.79 Å². The summed E-state index contributed by atoms with van der Waals surface area (Å²) in [5.74, 6) is 0.271. The predicted molar refractivity (Wildman–Crippen MR) is 111 cm³/mol. The number of hydrogen-bond donors (Lipinski definition) is 2. The Kier molecular flexibility index (Phi) is 5.71. The quantitative estimate of drug-likeness (QED) is 0.745. The summed E-state index contributed by atoms with van der Waals surface area (Å²) in [7, 11) is 0. The van der Waals surface area contributed by atoms with Gasteiger partial charge in [0.15, 0.2) is 0 Å². The van der Waals surface area contributed by atoms with Gasteiger partial charge < -0.3 is 20.4 Å². The van der Waals surface area contributed by atoms with Crippen molar-refractivity contribution in [2.24, 2.45) is 5.92 Å². The van der Waals surface area contributed by atoms with Crippen LogP contribution in [0.4, 0.5) is 21.0 Å². The molecule has 0 saturated carbocycles. The Morgan fingerprint density at radius 1 is 1.21 bits per heavy atom. The van der Waals surface area contributed by atoms with Crippen molar-refractivity contribution < 1.29 is 14.4 Å². The van der Waals surface area contributed by atoms with Gasteiger partial charge in [0.2, 0.25) is 0 Å². The number of anilines is 2. The number of benzene rings is 1. The lowest BCUT2D eigenvalue weighted by Gasteiger charge is -2.21. The second-order valence-corrected chi connectivity index (χ2v) is 8.17. The van der Waals surface area contributed by atoms with Crippen molar-refractivity contribution in [1.82, 2.24) is 15.1 Å². The highest BCUT2D eigenvalue weighted by Crippen LogP contribution is 2.25. The highest BCUT2D eigenvalue weighted by molar-refractivity contribution is 6.21. The van der Waals surface area contributed by atoms with Crippen LogP contribution >= 0.6 is 0 Å². The van der Waals surface area contributed by atoms with Gasteiger partial charge in [0.1, 0.15) is 6.04 Å². The van der Waals surface area contributed by atoms with Crippen LogP contribution in [0.15, 0.2) is 24.3 Å². The molecule has 156 valence electrons. The highest BCUT2D eigenvalue weighted by Gasteiger charge is 2.38. The van der Waals surface area contributed by atoms with Crippen LogP contribution in [0.3, 0.4) is 0 Å². The number of rotatable bonds is 5. The molecule has 8 heteroatoms. The van der Waals surface area contributed by atoms with Gasteiger partial charge in [-0.05, 0) is 62.9 Å². The van der Waals surface area contributed by atoms with E-state index in [0.29, 0.717) is 23.7 Å². The Morgan fingerprint density at radius 3 is 2.72 bits per heavy atom. The molecule has 2 unspecified atom stereocenters. The number of carbonyl (C=O) groups excluding carboxylic acids is 3. The van der Waals surface area contributed by atoms with Crippen molar-refractivity contribution in [1.29, 1.82) is 0 Å². The minimum atomic E-state index is -0.488. The van der Waals surface area contributed by atoms with E-state index in [9.17, 15) is 14.4 Å². The molecule has 3 aliphatic rings. The van der Waals surface area contributed by atoms with Gasteiger partial charge in [0, 0.05) is 25.3 Å². The van der Waals surface area contributed by atoms with Gasteiger partial charge in [0.25, 0.3) is 5.91 Å². The molecule has 8 nitrogen and oxygen atoms in total. The first-order valence-corrected chi connectivity index (χ1v) is 10.6. The van der Waals surface area contributed by atoms with Crippen LogP contribution in [0.2, 0.25) is 0 Å². The summed E-state index contributed by atoms with van der Waals surface area (Å²) < 4.78 is 0. The maximum absolute atomic E-state index is 12.7. The number of nitrogens with zero attached hydrogens (tertiary/aromatic N) is 3. The fraction of sp³-hybridized carbons (Fsp3) is 0.571. The maximum Gasteiger partial charge on any atom is 0.329 e. The predicted octanol–water partition coefficient (Wildman–Crippen LogP) is 2.47. The van der Waals surface area contributed by atoms with Crippen molar-refractivity contribution in [3.05, 3.63) is 24.3 Å². The van der Waals surface area contributed by atoms with E-state index in [1.165, 1.54) is 25.9 Å². The van der Waals surface area contributed by atoms with Crippen molar-refractivity contribution in [3.63, 3.8) is 0 Å². The molecular formula is C21H29N5O3. The van der Waals surface area contributed by atoms with E-state index in [1.54, 1.807) is 24.3 Å². The van der Waals surface area contributed by atoms with Gasteiger partial charge in [-0.2, -0.15) is 0 Å². The van der Waals surface area contributed by atoms with E-state index in [0.717, 1.165) is 31.0 Å². The van der Waals surface area contributed by atoms with E-state index >= 15 is 0 Å². The van der Waals surface area contributed by atoms with E-state index in [-0.39, 0.29) is 11.9 Å². The molecule has 1 aromatic rings. The third-order valence-electron chi connectivity index (χ3n) is 6.07. The second-order valence-electron chi connectivity index (χ2n) is 8.17. The minimum absolute atomic E-state index is 0.130. The van der Waals surface area contributed by atoms with Crippen LogP contribution in [0, 0.1) is 5.92 Å². The number of urea groups is 2. The second kappa shape index (κ2) is 8.41. The molecule has 3 saturated heterocycles. The molecule has 0 aromatic heterocycles. The molecule has 2 atom stereocenters. The van der Waals surface area contributed by atoms with Crippen molar-refractivity contribution in [3.8, 4) is 0 Å². The van der Waals surface area contributed by atoms with E-state index in [2.05, 4.69) is 15.5 Å². The fourth-order valence-electron chi connectivity index (χ4n) is 4.47. The third-order valence-corrected chi connectivity index (χ3v) is 6.07. The summed E-state index contributed by atoms with van der Waals surface area (Å²) in [6, 6.07) is 5.85. The summed E-state index contributed by atoms with van der Waals surface area (Å²) in [4.78, 5) is 42.8. The number of amides is 5. The van der Waals surface area contributed by atoms with Crippen molar-refractivity contribution >= 4 is 29.3 Å².